The number of carboxylic acids is 1. The molecule has 2 unspecified atom stereocenters. The number of ether oxygens (including phenoxy) is 1. The molecule has 3 N–H and O–H groups in total. The number of allylic oxidation sites excluding steroid dienone is 1. The quantitative estimate of drug-likeness (QED) is 0.177. The van der Waals surface area contributed by atoms with Crippen molar-refractivity contribution in [1.29, 1.82) is 0 Å². The molecule has 1 aliphatic heterocycles. The number of likely N-dealkylation sites (tertiary alicyclic amines) is 1. The fraction of sp³-hybridized carbons (Fsp3) is 0.364. The minimum atomic E-state index is -0.952. The average Bonchev–Trinajstić information content (AvgIpc) is 3.37. The van der Waals surface area contributed by atoms with Crippen LogP contribution in [-0.2, 0) is 15.1 Å². The lowest BCUT2D eigenvalue weighted by atomic mass is 9.77. The zero-order chi connectivity index (χ0) is 30.0. The Kier molecular flexibility index (Phi) is 10.7. The van der Waals surface area contributed by atoms with Crippen LogP contribution in [0.1, 0.15) is 51.7 Å². The summed E-state index contributed by atoms with van der Waals surface area (Å²) in [6.07, 6.45) is 5.75. The summed E-state index contributed by atoms with van der Waals surface area (Å²) < 4.78 is 5.34. The zero-order valence-corrected chi connectivity index (χ0v) is 24.5. The molecule has 2 aromatic carbocycles. The Labute approximate surface area is 243 Å². The number of alkyl carbamates (subject to hydrolysis) is 1. The molecule has 41 heavy (non-hydrogen) atoms. The number of carbonyl (C=O) groups is 2. The Morgan fingerprint density at radius 1 is 1.10 bits per heavy atom. The third-order valence-corrected chi connectivity index (χ3v) is 6.85. The lowest BCUT2D eigenvalue weighted by molar-refractivity contribution is -0.142. The minimum Gasteiger partial charge on any atom is -0.480 e. The predicted octanol–water partition coefficient (Wildman–Crippen LogP) is 5.64. The number of rotatable bonds is 12. The first-order valence-corrected chi connectivity index (χ1v) is 13.8. The lowest BCUT2D eigenvalue weighted by Crippen LogP contribution is -2.44. The van der Waals surface area contributed by atoms with Crippen LogP contribution in [0, 0.1) is 0 Å². The summed E-state index contributed by atoms with van der Waals surface area (Å²) in [5.74, 6) is -0.952. The van der Waals surface area contributed by atoms with Crippen molar-refractivity contribution in [2.45, 2.75) is 63.8 Å². The van der Waals surface area contributed by atoms with Crippen LogP contribution in [0.15, 0.2) is 102 Å². The molecule has 1 amide bonds. The molecule has 1 saturated heterocycles. The average molecular weight is 559 g/mol. The molecule has 0 aromatic heterocycles. The van der Waals surface area contributed by atoms with Gasteiger partial charge in [-0.25, -0.2) is 4.79 Å². The molecule has 1 heterocycles. The zero-order valence-electron chi connectivity index (χ0n) is 24.5. The number of nitrogens with zero attached hydrogens (tertiary/aromatic N) is 2. The molecule has 3 rings (SSSR count). The molecule has 0 aliphatic carbocycles. The van der Waals surface area contributed by atoms with E-state index in [0.29, 0.717) is 25.2 Å². The number of amides is 1. The van der Waals surface area contributed by atoms with E-state index in [0.717, 1.165) is 16.7 Å². The van der Waals surface area contributed by atoms with Gasteiger partial charge < -0.3 is 20.5 Å². The van der Waals surface area contributed by atoms with E-state index in [4.69, 9.17) is 9.73 Å². The van der Waals surface area contributed by atoms with Gasteiger partial charge in [-0.15, -0.1) is 0 Å². The normalized spacial score (nSPS) is 16.9. The standard InChI is InChI=1S/C33H42N4O4/c1-7-14-24(2)33(26-15-10-8-11-16-26,27-17-12-9-13-18-27)35-23-34-25(3)21-29(30(38)39)37-20-19-28(22-37)36-31(40)41-32(4,5)6/h7-18,23,28-29H,2-3,19-22H2,1,4-6H3,(H,34,35)(H,36,40)(H,38,39)/b14-7-. The SMILES string of the molecule is C=C(CC(C(=O)O)N1CCC(NC(=O)OC(C)(C)C)C1)NC=NC(C(=C)/C=C\C)(c1ccccc1)c1ccccc1. The smallest absolute Gasteiger partial charge is 0.407 e. The number of nitrogens with one attached hydrogen (secondary N) is 2. The van der Waals surface area contributed by atoms with Crippen molar-refractivity contribution >= 4 is 18.4 Å². The van der Waals surface area contributed by atoms with Gasteiger partial charge in [0.1, 0.15) is 17.2 Å². The van der Waals surface area contributed by atoms with Crippen LogP contribution in [-0.4, -0.2) is 59.2 Å². The fourth-order valence-corrected chi connectivity index (χ4v) is 5.00. The van der Waals surface area contributed by atoms with E-state index in [9.17, 15) is 14.7 Å². The van der Waals surface area contributed by atoms with Gasteiger partial charge in [0.05, 0.1) is 6.34 Å². The highest BCUT2D eigenvalue weighted by Gasteiger charge is 2.36. The fourth-order valence-electron chi connectivity index (χ4n) is 5.00. The molecular formula is C33H42N4O4. The second-order valence-corrected chi connectivity index (χ2v) is 11.2. The van der Waals surface area contributed by atoms with E-state index in [2.05, 4.69) is 23.8 Å². The van der Waals surface area contributed by atoms with Crippen LogP contribution >= 0.6 is 0 Å². The Bertz CT molecular complexity index is 1230. The first kappa shape index (κ1) is 31.4. The van der Waals surface area contributed by atoms with Gasteiger partial charge in [0.25, 0.3) is 0 Å². The molecule has 218 valence electrons. The maximum Gasteiger partial charge on any atom is 0.407 e. The topological polar surface area (TPSA) is 103 Å². The van der Waals surface area contributed by atoms with Crippen molar-refractivity contribution in [3.05, 3.63) is 108 Å². The van der Waals surface area contributed by atoms with E-state index < -0.39 is 29.2 Å². The third-order valence-electron chi connectivity index (χ3n) is 6.85. The van der Waals surface area contributed by atoms with Gasteiger partial charge in [0.15, 0.2) is 0 Å². The highest BCUT2D eigenvalue weighted by Crippen LogP contribution is 2.40. The number of hydrogen-bond acceptors (Lipinski definition) is 5. The van der Waals surface area contributed by atoms with Gasteiger partial charge in [0.2, 0.25) is 0 Å². The number of hydrogen-bond donors (Lipinski definition) is 3. The molecule has 0 radical (unpaired) electrons. The molecule has 0 spiro atoms. The number of carbonyl (C=O) groups excluding carboxylic acids is 1. The molecule has 1 aliphatic rings. The predicted molar refractivity (Wildman–Crippen MR) is 164 cm³/mol. The molecule has 0 bridgehead atoms. The van der Waals surface area contributed by atoms with Crippen molar-refractivity contribution in [2.24, 2.45) is 4.99 Å². The maximum atomic E-state index is 12.2. The number of aliphatic carboxylic acids is 1. The highest BCUT2D eigenvalue weighted by molar-refractivity contribution is 5.74. The number of benzene rings is 2. The first-order valence-electron chi connectivity index (χ1n) is 13.8. The van der Waals surface area contributed by atoms with Crippen LogP contribution in [0.5, 0.6) is 0 Å². The molecule has 2 atom stereocenters. The Balaban J connectivity index is 1.75. The van der Waals surface area contributed by atoms with Crippen LogP contribution < -0.4 is 10.6 Å². The van der Waals surface area contributed by atoms with Gasteiger partial charge in [-0.05, 0) is 50.8 Å². The number of carboxylic acid groups (broad SMARTS) is 1. The van der Waals surface area contributed by atoms with Crippen LogP contribution in [0.2, 0.25) is 0 Å². The molecule has 8 heteroatoms. The largest absolute Gasteiger partial charge is 0.480 e. The summed E-state index contributed by atoms with van der Waals surface area (Å²) in [6.45, 7) is 16.7. The van der Waals surface area contributed by atoms with Crippen molar-refractivity contribution in [3.63, 3.8) is 0 Å². The highest BCUT2D eigenvalue weighted by atomic mass is 16.6. The summed E-state index contributed by atoms with van der Waals surface area (Å²) in [5, 5.41) is 16.0. The number of aliphatic imine (C=N–C) groups is 1. The molecule has 8 nitrogen and oxygen atoms in total. The second-order valence-electron chi connectivity index (χ2n) is 11.2. The molecular weight excluding hydrogens is 516 g/mol. The monoisotopic (exact) mass is 558 g/mol. The first-order chi connectivity index (χ1) is 19.5. The summed E-state index contributed by atoms with van der Waals surface area (Å²) in [7, 11) is 0. The van der Waals surface area contributed by atoms with E-state index in [-0.39, 0.29) is 12.5 Å². The van der Waals surface area contributed by atoms with Crippen molar-refractivity contribution < 1.29 is 19.4 Å². The Hall–Kier alpha value is -4.17. The van der Waals surface area contributed by atoms with E-state index in [1.54, 1.807) is 27.1 Å². The summed E-state index contributed by atoms with van der Waals surface area (Å²) >= 11 is 0. The Morgan fingerprint density at radius 3 is 2.20 bits per heavy atom. The van der Waals surface area contributed by atoms with Crippen molar-refractivity contribution in [1.82, 2.24) is 15.5 Å². The van der Waals surface area contributed by atoms with Crippen LogP contribution in [0.4, 0.5) is 4.79 Å². The minimum absolute atomic E-state index is 0.167. The van der Waals surface area contributed by atoms with Crippen LogP contribution in [0.25, 0.3) is 0 Å². The van der Waals surface area contributed by atoms with E-state index in [1.165, 1.54) is 0 Å². The molecule has 2 aromatic rings. The third kappa shape index (κ3) is 8.41. The van der Waals surface area contributed by atoms with Crippen LogP contribution in [0.3, 0.4) is 0 Å². The molecule has 0 saturated carbocycles. The maximum absolute atomic E-state index is 12.2. The Morgan fingerprint density at radius 2 is 1.68 bits per heavy atom. The van der Waals surface area contributed by atoms with Gasteiger partial charge in [-0.2, -0.15) is 0 Å². The summed E-state index contributed by atoms with van der Waals surface area (Å²) in [4.78, 5) is 31.3. The van der Waals surface area contributed by atoms with E-state index >= 15 is 0 Å². The van der Waals surface area contributed by atoms with Crippen molar-refractivity contribution in [3.8, 4) is 0 Å². The van der Waals surface area contributed by atoms with Gasteiger partial charge in [0, 0.05) is 31.2 Å². The van der Waals surface area contributed by atoms with Gasteiger partial charge in [-0.1, -0.05) is 86.0 Å². The second kappa shape index (κ2) is 13.9. The molecule has 1 fully saturated rings. The summed E-state index contributed by atoms with van der Waals surface area (Å²) in [5.41, 5.74) is 1.68. The van der Waals surface area contributed by atoms with Crippen molar-refractivity contribution in [2.75, 3.05) is 13.1 Å². The summed E-state index contributed by atoms with van der Waals surface area (Å²) in [6, 6.07) is 18.9. The van der Waals surface area contributed by atoms with Gasteiger partial charge >= 0.3 is 12.1 Å². The lowest BCUT2D eigenvalue weighted by Gasteiger charge is -2.32. The van der Waals surface area contributed by atoms with Gasteiger partial charge in [-0.3, -0.25) is 14.7 Å². The van der Waals surface area contributed by atoms with E-state index in [1.807, 2.05) is 84.6 Å².